The number of carbonyl (C=O) groups excluding carboxylic acids is 1. The van der Waals surface area contributed by atoms with Crippen molar-refractivity contribution in [3.63, 3.8) is 0 Å². The third-order valence-corrected chi connectivity index (χ3v) is 6.45. The number of para-hydroxylation sites is 1. The van der Waals surface area contributed by atoms with Gasteiger partial charge in [0, 0.05) is 29.0 Å². The van der Waals surface area contributed by atoms with Crippen molar-refractivity contribution in [3.8, 4) is 0 Å². The lowest BCUT2D eigenvalue weighted by Crippen LogP contribution is -2.32. The molecule has 1 aromatic carbocycles. The number of amides is 1. The molecular weight excluding hydrogens is 366 g/mol. The molecule has 4 nitrogen and oxygen atoms in total. The number of nitrogens with zero attached hydrogens (tertiary/aromatic N) is 1. The highest BCUT2D eigenvalue weighted by Crippen LogP contribution is 2.35. The molecule has 4 aromatic rings. The van der Waals surface area contributed by atoms with Crippen LogP contribution >= 0.6 is 11.3 Å². The topological polar surface area (TPSA) is 49.8 Å². The predicted octanol–water partition coefficient (Wildman–Crippen LogP) is 5.20. The number of fused-ring (bicyclic) bond motifs is 3. The Kier molecular flexibility index (Phi) is 4.53. The first kappa shape index (κ1) is 17.3. The van der Waals surface area contributed by atoms with Gasteiger partial charge in [0.25, 0.3) is 0 Å². The summed E-state index contributed by atoms with van der Waals surface area (Å²) in [6.07, 6.45) is 7.67. The van der Waals surface area contributed by atoms with Crippen molar-refractivity contribution >= 4 is 28.1 Å². The number of aryl methyl sites for hydroxylation is 1. The fourth-order valence-corrected chi connectivity index (χ4v) is 5.11. The zero-order valence-electron chi connectivity index (χ0n) is 15.6. The van der Waals surface area contributed by atoms with E-state index in [1.807, 2.05) is 24.5 Å². The number of aromatic amines is 1. The maximum atomic E-state index is 13.0. The second-order valence-corrected chi connectivity index (χ2v) is 8.26. The van der Waals surface area contributed by atoms with Crippen molar-refractivity contribution in [3.05, 3.63) is 82.4 Å². The van der Waals surface area contributed by atoms with Crippen LogP contribution in [0.15, 0.2) is 65.6 Å². The molecule has 1 amide bonds. The zero-order chi connectivity index (χ0) is 18.9. The molecule has 0 unspecified atom stereocenters. The van der Waals surface area contributed by atoms with Crippen LogP contribution in [0.25, 0.3) is 10.9 Å². The normalized spacial score (nSPS) is 17.4. The lowest BCUT2D eigenvalue weighted by molar-refractivity contribution is -0.122. The highest BCUT2D eigenvalue weighted by Gasteiger charge is 2.26. The summed E-state index contributed by atoms with van der Waals surface area (Å²) >= 11 is 1.67. The molecule has 5 rings (SSSR count). The molecule has 5 heteroatoms. The first-order chi connectivity index (χ1) is 13.8. The standard InChI is InChI=1S/C23H23N3OS/c27-22(14-21(16-10-13-28-15-16)26-11-3-4-12-26)24-20-9-5-7-18-17-6-1-2-8-19(17)25-23(18)20/h1-4,6,8,10-13,15,20-21,25H,5,7,9,14H2,(H,24,27)/t20-,21+/m1/s1. The smallest absolute Gasteiger partial charge is 0.222 e. The van der Waals surface area contributed by atoms with E-state index in [0.29, 0.717) is 6.42 Å². The molecule has 0 saturated heterocycles. The van der Waals surface area contributed by atoms with E-state index in [0.717, 1.165) is 24.8 Å². The minimum absolute atomic E-state index is 0.0343. The van der Waals surface area contributed by atoms with Gasteiger partial charge in [0.2, 0.25) is 5.91 Å². The molecule has 2 N–H and O–H groups in total. The first-order valence-corrected chi connectivity index (χ1v) is 10.8. The molecule has 3 heterocycles. The number of rotatable bonds is 5. The van der Waals surface area contributed by atoms with Gasteiger partial charge in [0.1, 0.15) is 0 Å². The Labute approximate surface area is 168 Å². The summed E-state index contributed by atoms with van der Waals surface area (Å²) in [5, 5.41) is 8.81. The van der Waals surface area contributed by atoms with E-state index >= 15 is 0 Å². The number of hydrogen-bond donors (Lipinski definition) is 2. The maximum Gasteiger partial charge on any atom is 0.222 e. The van der Waals surface area contributed by atoms with Crippen LogP contribution in [0.4, 0.5) is 0 Å². The van der Waals surface area contributed by atoms with Crippen LogP contribution in [0.2, 0.25) is 0 Å². The molecule has 0 spiro atoms. The predicted molar refractivity (Wildman–Crippen MR) is 114 cm³/mol. The van der Waals surface area contributed by atoms with Crippen LogP contribution in [-0.2, 0) is 11.2 Å². The number of benzene rings is 1. The van der Waals surface area contributed by atoms with Crippen molar-refractivity contribution < 1.29 is 4.79 Å². The quantitative estimate of drug-likeness (QED) is 0.484. The molecular formula is C23H23N3OS. The van der Waals surface area contributed by atoms with E-state index in [4.69, 9.17) is 0 Å². The van der Waals surface area contributed by atoms with E-state index in [9.17, 15) is 4.79 Å². The summed E-state index contributed by atoms with van der Waals surface area (Å²) in [6.45, 7) is 0. The number of hydrogen-bond acceptors (Lipinski definition) is 2. The maximum absolute atomic E-state index is 13.0. The van der Waals surface area contributed by atoms with Crippen molar-refractivity contribution in [1.29, 1.82) is 0 Å². The molecule has 0 bridgehead atoms. The van der Waals surface area contributed by atoms with Crippen LogP contribution in [0.5, 0.6) is 0 Å². The minimum atomic E-state index is 0.0343. The van der Waals surface area contributed by atoms with Crippen molar-refractivity contribution in [2.45, 2.75) is 37.8 Å². The molecule has 1 aliphatic carbocycles. The van der Waals surface area contributed by atoms with Gasteiger partial charge in [-0.3, -0.25) is 4.79 Å². The van der Waals surface area contributed by atoms with E-state index in [-0.39, 0.29) is 18.0 Å². The fraction of sp³-hybridized carbons (Fsp3) is 0.261. The molecule has 28 heavy (non-hydrogen) atoms. The Morgan fingerprint density at radius 3 is 2.89 bits per heavy atom. The van der Waals surface area contributed by atoms with E-state index in [2.05, 4.69) is 56.0 Å². The molecule has 1 aliphatic rings. The van der Waals surface area contributed by atoms with E-state index in [1.54, 1.807) is 11.3 Å². The highest BCUT2D eigenvalue weighted by molar-refractivity contribution is 7.08. The largest absolute Gasteiger partial charge is 0.356 e. The lowest BCUT2D eigenvalue weighted by atomic mass is 9.91. The highest BCUT2D eigenvalue weighted by atomic mass is 32.1. The lowest BCUT2D eigenvalue weighted by Gasteiger charge is -2.25. The molecule has 0 fully saturated rings. The fourth-order valence-electron chi connectivity index (χ4n) is 4.40. The Morgan fingerprint density at radius 1 is 1.21 bits per heavy atom. The number of carbonyl (C=O) groups is 1. The van der Waals surface area contributed by atoms with E-state index < -0.39 is 0 Å². The van der Waals surface area contributed by atoms with Gasteiger partial charge in [0.05, 0.1) is 18.5 Å². The zero-order valence-corrected chi connectivity index (χ0v) is 16.4. The van der Waals surface area contributed by atoms with Gasteiger partial charge in [-0.15, -0.1) is 0 Å². The van der Waals surface area contributed by atoms with E-state index in [1.165, 1.54) is 22.2 Å². The third kappa shape index (κ3) is 3.16. The van der Waals surface area contributed by atoms with Gasteiger partial charge in [-0.2, -0.15) is 11.3 Å². The number of aromatic nitrogens is 2. The monoisotopic (exact) mass is 389 g/mol. The van der Waals surface area contributed by atoms with Crippen molar-refractivity contribution in [1.82, 2.24) is 14.9 Å². The molecule has 3 aromatic heterocycles. The number of H-pyrrole nitrogens is 1. The van der Waals surface area contributed by atoms with Gasteiger partial charge < -0.3 is 14.9 Å². The summed E-state index contributed by atoms with van der Waals surface area (Å²) in [5.41, 5.74) is 4.91. The van der Waals surface area contributed by atoms with Crippen LogP contribution in [-0.4, -0.2) is 15.5 Å². The van der Waals surface area contributed by atoms with Crippen molar-refractivity contribution in [2.24, 2.45) is 0 Å². The summed E-state index contributed by atoms with van der Waals surface area (Å²) in [5.74, 6) is 0.0985. The molecule has 2 atom stereocenters. The summed E-state index contributed by atoms with van der Waals surface area (Å²) < 4.78 is 2.12. The SMILES string of the molecule is O=C(C[C@@H](c1ccsc1)n1cccc1)N[C@@H]1CCCc2c1[nH]c1ccccc21. The molecule has 0 radical (unpaired) electrons. The Bertz CT molecular complexity index is 1040. The Hall–Kier alpha value is -2.79. The molecule has 0 saturated carbocycles. The average Bonchev–Trinajstić information content (AvgIpc) is 3.47. The second kappa shape index (κ2) is 7.32. The van der Waals surface area contributed by atoms with Crippen LogP contribution in [0, 0.1) is 0 Å². The summed E-state index contributed by atoms with van der Waals surface area (Å²) in [7, 11) is 0. The Morgan fingerprint density at radius 2 is 2.07 bits per heavy atom. The number of thiophene rings is 1. The average molecular weight is 390 g/mol. The van der Waals surface area contributed by atoms with Gasteiger partial charge in [-0.1, -0.05) is 18.2 Å². The van der Waals surface area contributed by atoms with Gasteiger partial charge in [0.15, 0.2) is 0 Å². The molecule has 142 valence electrons. The number of nitrogens with one attached hydrogen (secondary N) is 2. The van der Waals surface area contributed by atoms with Crippen molar-refractivity contribution in [2.75, 3.05) is 0 Å². The first-order valence-electron chi connectivity index (χ1n) is 9.83. The minimum Gasteiger partial charge on any atom is -0.356 e. The molecule has 0 aliphatic heterocycles. The van der Waals surface area contributed by atoms with Crippen LogP contribution in [0.3, 0.4) is 0 Å². The third-order valence-electron chi connectivity index (χ3n) is 5.74. The van der Waals surface area contributed by atoms with Crippen LogP contribution in [0.1, 0.15) is 48.2 Å². The van der Waals surface area contributed by atoms with Crippen LogP contribution < -0.4 is 5.32 Å². The van der Waals surface area contributed by atoms with Gasteiger partial charge in [-0.05, 0) is 65.4 Å². The Balaban J connectivity index is 1.37. The second-order valence-electron chi connectivity index (χ2n) is 7.48. The van der Waals surface area contributed by atoms with Gasteiger partial charge >= 0.3 is 0 Å². The van der Waals surface area contributed by atoms with Gasteiger partial charge in [-0.25, -0.2) is 0 Å². The summed E-state index contributed by atoms with van der Waals surface area (Å²) in [4.78, 5) is 16.6. The summed E-state index contributed by atoms with van der Waals surface area (Å²) in [6, 6.07) is 14.7.